The Morgan fingerprint density at radius 1 is 1.16 bits per heavy atom. The van der Waals surface area contributed by atoms with Gasteiger partial charge in [-0.3, -0.25) is 0 Å². The molecule has 4 heteroatoms. The topological polar surface area (TPSA) is 12.0 Å². The Hall–Kier alpha value is 0.170. The van der Waals surface area contributed by atoms with Crippen molar-refractivity contribution in [2.75, 3.05) is 23.8 Å². The van der Waals surface area contributed by atoms with E-state index in [1.54, 1.807) is 0 Å². The largest absolute Gasteiger partial charge is 0.310 e. The molecular weight excluding hydrogens is 294 g/mol. The van der Waals surface area contributed by atoms with E-state index in [9.17, 15) is 0 Å². The molecule has 3 rings (SSSR count). The molecular formula is C15H20ClNS2. The summed E-state index contributed by atoms with van der Waals surface area (Å²) in [5, 5.41) is 4.66. The molecule has 1 unspecified atom stereocenters. The van der Waals surface area contributed by atoms with Crippen LogP contribution in [0.1, 0.15) is 30.9 Å². The average molecular weight is 314 g/mol. The Morgan fingerprint density at radius 3 is 2.84 bits per heavy atom. The van der Waals surface area contributed by atoms with Gasteiger partial charge in [-0.15, -0.1) is 11.8 Å². The van der Waals surface area contributed by atoms with E-state index in [2.05, 4.69) is 29.2 Å². The van der Waals surface area contributed by atoms with Gasteiger partial charge in [-0.25, -0.2) is 0 Å². The van der Waals surface area contributed by atoms with E-state index in [1.165, 1.54) is 53.5 Å². The lowest BCUT2D eigenvalue weighted by atomic mass is 9.99. The lowest BCUT2D eigenvalue weighted by molar-refractivity contribution is 0.402. The summed E-state index contributed by atoms with van der Waals surface area (Å²) in [5.41, 5.74) is 1.41. The second-order valence-corrected chi connectivity index (χ2v) is 8.13. The molecule has 19 heavy (non-hydrogen) atoms. The third-order valence-corrected chi connectivity index (χ3v) is 6.41. The summed E-state index contributed by atoms with van der Waals surface area (Å²) in [6, 6.07) is 6.84. The highest BCUT2D eigenvalue weighted by Crippen LogP contribution is 2.37. The third-order valence-electron chi connectivity index (χ3n) is 4.01. The number of hydrogen-bond acceptors (Lipinski definition) is 3. The van der Waals surface area contributed by atoms with Crippen LogP contribution in [0.15, 0.2) is 23.1 Å². The van der Waals surface area contributed by atoms with Gasteiger partial charge in [0, 0.05) is 16.0 Å². The van der Waals surface area contributed by atoms with Crippen molar-refractivity contribution in [3.63, 3.8) is 0 Å². The number of hydrogen-bond donors (Lipinski definition) is 1. The van der Waals surface area contributed by atoms with Gasteiger partial charge in [-0.2, -0.15) is 11.8 Å². The van der Waals surface area contributed by atoms with Gasteiger partial charge < -0.3 is 5.32 Å². The zero-order chi connectivity index (χ0) is 13.1. The maximum Gasteiger partial charge on any atom is 0.0410 e. The first kappa shape index (κ1) is 14.1. The minimum Gasteiger partial charge on any atom is -0.310 e. The van der Waals surface area contributed by atoms with Gasteiger partial charge in [0.1, 0.15) is 0 Å². The van der Waals surface area contributed by atoms with Crippen LogP contribution < -0.4 is 5.32 Å². The Balaban J connectivity index is 1.64. The molecule has 1 aromatic carbocycles. The molecule has 0 saturated carbocycles. The Bertz CT molecular complexity index is 432. The molecule has 104 valence electrons. The predicted molar refractivity (Wildman–Crippen MR) is 87.6 cm³/mol. The van der Waals surface area contributed by atoms with Crippen molar-refractivity contribution in [1.29, 1.82) is 0 Å². The fourth-order valence-corrected chi connectivity index (χ4v) is 5.33. The van der Waals surface area contributed by atoms with E-state index < -0.39 is 0 Å². The molecule has 1 saturated heterocycles. The minimum absolute atomic E-state index is 0.504. The molecule has 0 aliphatic carbocycles. The zero-order valence-corrected chi connectivity index (χ0v) is 13.4. The van der Waals surface area contributed by atoms with Crippen molar-refractivity contribution in [2.24, 2.45) is 5.92 Å². The molecule has 1 aromatic rings. The molecule has 0 amide bonds. The Kier molecular flexibility index (Phi) is 5.02. The van der Waals surface area contributed by atoms with E-state index in [4.69, 9.17) is 11.6 Å². The van der Waals surface area contributed by atoms with Crippen LogP contribution in [0.3, 0.4) is 0 Å². The molecule has 1 N–H and O–H groups in total. The summed E-state index contributed by atoms with van der Waals surface area (Å²) in [4.78, 5) is 1.41. The highest BCUT2D eigenvalue weighted by molar-refractivity contribution is 7.99. The molecule has 0 aromatic heterocycles. The van der Waals surface area contributed by atoms with Gasteiger partial charge >= 0.3 is 0 Å². The summed E-state index contributed by atoms with van der Waals surface area (Å²) in [7, 11) is 0. The highest BCUT2D eigenvalue weighted by Gasteiger charge is 2.22. The average Bonchev–Trinajstić information content (AvgIpc) is 2.46. The van der Waals surface area contributed by atoms with Crippen LogP contribution in [-0.2, 0) is 0 Å². The van der Waals surface area contributed by atoms with Crippen molar-refractivity contribution < 1.29 is 0 Å². The number of benzene rings is 1. The molecule has 0 bridgehead atoms. The number of rotatable bonds is 3. The summed E-state index contributed by atoms with van der Waals surface area (Å²) < 4.78 is 0. The van der Waals surface area contributed by atoms with Gasteiger partial charge in [0.05, 0.1) is 0 Å². The molecule has 0 spiro atoms. The van der Waals surface area contributed by atoms with Crippen LogP contribution in [0, 0.1) is 5.92 Å². The maximum absolute atomic E-state index is 6.15. The molecule has 1 fully saturated rings. The first-order chi connectivity index (χ1) is 9.33. The molecule has 1 nitrogen and oxygen atoms in total. The second-order valence-electron chi connectivity index (χ2n) is 5.34. The Morgan fingerprint density at radius 2 is 2.00 bits per heavy atom. The molecule has 0 radical (unpaired) electrons. The molecule has 2 aliphatic heterocycles. The smallest absolute Gasteiger partial charge is 0.0410 e. The summed E-state index contributed by atoms with van der Waals surface area (Å²) in [6.45, 7) is 1.17. The number of fused-ring (bicyclic) bond motifs is 1. The van der Waals surface area contributed by atoms with E-state index in [0.29, 0.717) is 6.04 Å². The van der Waals surface area contributed by atoms with Gasteiger partial charge in [-0.1, -0.05) is 11.6 Å². The fraction of sp³-hybridized carbons (Fsp3) is 0.600. The molecule has 1 atom stereocenters. The van der Waals surface area contributed by atoms with Gasteiger partial charge in [0.2, 0.25) is 0 Å². The van der Waals surface area contributed by atoms with Crippen LogP contribution in [-0.4, -0.2) is 23.8 Å². The van der Waals surface area contributed by atoms with Crippen LogP contribution in [0.25, 0.3) is 0 Å². The first-order valence-electron chi connectivity index (χ1n) is 7.06. The van der Waals surface area contributed by atoms with Crippen LogP contribution in [0.5, 0.6) is 0 Å². The lowest BCUT2D eigenvalue weighted by Crippen LogP contribution is -2.31. The lowest BCUT2D eigenvalue weighted by Gasteiger charge is -2.29. The van der Waals surface area contributed by atoms with E-state index >= 15 is 0 Å². The maximum atomic E-state index is 6.15. The number of nitrogens with one attached hydrogen (secondary N) is 1. The summed E-state index contributed by atoms with van der Waals surface area (Å²) in [6.07, 6.45) is 3.97. The van der Waals surface area contributed by atoms with Gasteiger partial charge in [-0.05, 0) is 72.7 Å². The van der Waals surface area contributed by atoms with Crippen molar-refractivity contribution in [2.45, 2.75) is 30.2 Å². The van der Waals surface area contributed by atoms with Crippen LogP contribution in [0.4, 0.5) is 0 Å². The van der Waals surface area contributed by atoms with E-state index in [-0.39, 0.29) is 0 Å². The normalized spacial score (nSPS) is 24.2. The van der Waals surface area contributed by atoms with E-state index in [1.807, 2.05) is 17.8 Å². The summed E-state index contributed by atoms with van der Waals surface area (Å²) >= 11 is 10.2. The SMILES string of the molecule is Clc1ccc2c(c1)C(NCC1CCSCC1)CCS2. The van der Waals surface area contributed by atoms with Crippen LogP contribution in [0.2, 0.25) is 5.02 Å². The number of thioether (sulfide) groups is 2. The standard InChI is InChI=1S/C15H20ClNS2/c16-12-1-2-15-13(9-12)14(5-8-19-15)17-10-11-3-6-18-7-4-11/h1-2,9,11,14,17H,3-8,10H2. The minimum atomic E-state index is 0.504. The van der Waals surface area contributed by atoms with Gasteiger partial charge in [0.15, 0.2) is 0 Å². The quantitative estimate of drug-likeness (QED) is 0.875. The van der Waals surface area contributed by atoms with Crippen molar-refractivity contribution in [1.82, 2.24) is 5.32 Å². The zero-order valence-electron chi connectivity index (χ0n) is 11.0. The predicted octanol–water partition coefficient (Wildman–Crippen LogP) is 4.61. The monoisotopic (exact) mass is 313 g/mol. The van der Waals surface area contributed by atoms with Gasteiger partial charge in [0.25, 0.3) is 0 Å². The van der Waals surface area contributed by atoms with Crippen LogP contribution >= 0.6 is 35.1 Å². The Labute approximate surface area is 129 Å². The first-order valence-corrected chi connectivity index (χ1v) is 9.58. The van der Waals surface area contributed by atoms with E-state index in [0.717, 1.165) is 10.9 Å². The van der Waals surface area contributed by atoms with Crippen molar-refractivity contribution >= 4 is 35.1 Å². The summed E-state index contributed by atoms with van der Waals surface area (Å²) in [5.74, 6) is 4.77. The molecule has 2 heterocycles. The second kappa shape index (κ2) is 6.75. The molecule has 2 aliphatic rings. The fourth-order valence-electron chi connectivity index (χ4n) is 2.84. The highest BCUT2D eigenvalue weighted by atomic mass is 35.5. The third kappa shape index (κ3) is 3.63. The van der Waals surface area contributed by atoms with Crippen molar-refractivity contribution in [3.05, 3.63) is 28.8 Å². The van der Waals surface area contributed by atoms with Crippen molar-refractivity contribution in [3.8, 4) is 0 Å². The number of halogens is 1.